The molecule has 2 aromatic carbocycles. The number of halogens is 4. The number of hydrogen-bond donors (Lipinski definition) is 0. The smallest absolute Gasteiger partial charge is 0.252 e. The van der Waals surface area contributed by atoms with Gasteiger partial charge in [0, 0.05) is 5.56 Å². The molecule has 6 heteroatoms. The zero-order valence-corrected chi connectivity index (χ0v) is 14.4. The third-order valence-electron chi connectivity index (χ3n) is 2.54. The van der Waals surface area contributed by atoms with Crippen molar-refractivity contribution in [3.8, 4) is 5.75 Å². The first-order valence-electron chi connectivity index (χ1n) is 5.53. The van der Waals surface area contributed by atoms with Crippen LogP contribution in [0.25, 0.3) is 0 Å². The van der Waals surface area contributed by atoms with Crippen molar-refractivity contribution in [2.75, 3.05) is 0 Å². The molecule has 2 nitrogen and oxygen atoms in total. The lowest BCUT2D eigenvalue weighted by molar-refractivity contribution is 0.108. The zero-order chi connectivity index (χ0) is 14.7. The van der Waals surface area contributed by atoms with E-state index in [0.29, 0.717) is 28.0 Å². The predicted molar refractivity (Wildman–Crippen MR) is 90.1 cm³/mol. The Labute approximate surface area is 145 Å². The Balaban J connectivity index is 2.10. The van der Waals surface area contributed by atoms with Crippen molar-refractivity contribution in [3.63, 3.8) is 0 Å². The number of carbonyl (C=O) groups excluding carboxylic acids is 1. The average Bonchev–Trinajstić information content (AvgIpc) is 2.41. The summed E-state index contributed by atoms with van der Waals surface area (Å²) in [4.78, 5) is 11.1. The van der Waals surface area contributed by atoms with Crippen molar-refractivity contribution in [2.24, 2.45) is 0 Å². The van der Waals surface area contributed by atoms with Crippen LogP contribution in [0.5, 0.6) is 5.75 Å². The summed E-state index contributed by atoms with van der Waals surface area (Å²) in [6.07, 6.45) is 0. The lowest BCUT2D eigenvalue weighted by Crippen LogP contribution is -1.98. The summed E-state index contributed by atoms with van der Waals surface area (Å²) in [5.74, 6) is 0.679. The monoisotopic (exact) mass is 440 g/mol. The Morgan fingerprint density at radius 1 is 1.10 bits per heavy atom. The molecule has 0 fully saturated rings. The van der Waals surface area contributed by atoms with Crippen LogP contribution in [0.3, 0.4) is 0 Å². The standard InChI is InChI=1S/C14H8Cl3IO2/c15-10-3-1-8(5-11(10)16)7-20-13-4-2-9(14(17)19)6-12(13)18/h1-6H,7H2. The van der Waals surface area contributed by atoms with Crippen LogP contribution in [0, 0.1) is 3.57 Å². The maximum absolute atomic E-state index is 11.1. The van der Waals surface area contributed by atoms with Gasteiger partial charge in [0.2, 0.25) is 0 Å². The summed E-state index contributed by atoms with van der Waals surface area (Å²) in [5.41, 5.74) is 1.35. The van der Waals surface area contributed by atoms with Gasteiger partial charge < -0.3 is 4.74 Å². The first kappa shape index (κ1) is 15.9. The highest BCUT2D eigenvalue weighted by atomic mass is 127. The van der Waals surface area contributed by atoms with Gasteiger partial charge in [0.1, 0.15) is 12.4 Å². The molecule has 20 heavy (non-hydrogen) atoms. The highest BCUT2D eigenvalue weighted by Gasteiger charge is 2.07. The van der Waals surface area contributed by atoms with Gasteiger partial charge >= 0.3 is 0 Å². The fourth-order valence-electron chi connectivity index (χ4n) is 1.53. The fraction of sp³-hybridized carbons (Fsp3) is 0.0714. The maximum Gasteiger partial charge on any atom is 0.252 e. The molecule has 2 rings (SSSR count). The molecule has 0 aliphatic heterocycles. The minimum atomic E-state index is -0.487. The Kier molecular flexibility index (Phi) is 5.55. The highest BCUT2D eigenvalue weighted by molar-refractivity contribution is 14.1. The SMILES string of the molecule is O=C(Cl)c1ccc(OCc2ccc(Cl)c(Cl)c2)c(I)c1. The number of ether oxygens (including phenoxy) is 1. The molecule has 0 atom stereocenters. The van der Waals surface area contributed by atoms with Gasteiger partial charge in [0.25, 0.3) is 5.24 Å². The van der Waals surface area contributed by atoms with Gasteiger partial charge in [-0.3, -0.25) is 4.79 Å². The molecular formula is C14H8Cl3IO2. The molecule has 0 aliphatic carbocycles. The number of benzene rings is 2. The summed E-state index contributed by atoms with van der Waals surface area (Å²) in [5, 5.41) is 0.513. The van der Waals surface area contributed by atoms with Crippen molar-refractivity contribution in [2.45, 2.75) is 6.61 Å². The lowest BCUT2D eigenvalue weighted by Gasteiger charge is -2.09. The van der Waals surface area contributed by atoms with Crippen LogP contribution >= 0.6 is 57.4 Å². The van der Waals surface area contributed by atoms with E-state index >= 15 is 0 Å². The molecule has 0 unspecified atom stereocenters. The van der Waals surface area contributed by atoms with E-state index in [9.17, 15) is 4.79 Å². The quantitative estimate of drug-likeness (QED) is 0.459. The second kappa shape index (κ2) is 6.98. The zero-order valence-electron chi connectivity index (χ0n) is 10.00. The van der Waals surface area contributed by atoms with Gasteiger partial charge in [-0.1, -0.05) is 29.3 Å². The lowest BCUT2D eigenvalue weighted by atomic mass is 10.2. The largest absolute Gasteiger partial charge is 0.488 e. The Bertz CT molecular complexity index is 659. The molecule has 104 valence electrons. The Morgan fingerprint density at radius 3 is 2.45 bits per heavy atom. The Morgan fingerprint density at radius 2 is 1.85 bits per heavy atom. The predicted octanol–water partition coefficient (Wildman–Crippen LogP) is 5.56. The van der Waals surface area contributed by atoms with E-state index in [4.69, 9.17) is 39.5 Å². The molecule has 0 radical (unpaired) electrons. The molecular weight excluding hydrogens is 433 g/mol. The summed E-state index contributed by atoms with van der Waals surface area (Å²) in [6.45, 7) is 0.362. The van der Waals surface area contributed by atoms with Crippen LogP contribution in [0.2, 0.25) is 10.0 Å². The van der Waals surface area contributed by atoms with Crippen LogP contribution in [0.15, 0.2) is 36.4 Å². The van der Waals surface area contributed by atoms with Crippen molar-refractivity contribution < 1.29 is 9.53 Å². The van der Waals surface area contributed by atoms with E-state index in [0.717, 1.165) is 9.13 Å². The van der Waals surface area contributed by atoms with Gasteiger partial charge in [-0.2, -0.15) is 0 Å². The van der Waals surface area contributed by atoms with Crippen LogP contribution in [-0.4, -0.2) is 5.24 Å². The van der Waals surface area contributed by atoms with Crippen molar-refractivity contribution in [1.82, 2.24) is 0 Å². The first-order valence-corrected chi connectivity index (χ1v) is 7.75. The van der Waals surface area contributed by atoms with E-state index in [-0.39, 0.29) is 0 Å². The van der Waals surface area contributed by atoms with E-state index in [1.807, 2.05) is 6.07 Å². The third-order valence-corrected chi connectivity index (χ3v) is 4.34. The van der Waals surface area contributed by atoms with Gasteiger partial charge in [0.15, 0.2) is 0 Å². The molecule has 0 amide bonds. The van der Waals surface area contributed by atoms with Gasteiger partial charge in [0.05, 0.1) is 13.6 Å². The molecule has 0 aliphatic rings. The van der Waals surface area contributed by atoms with Crippen LogP contribution in [-0.2, 0) is 6.61 Å². The minimum absolute atomic E-state index is 0.362. The average molecular weight is 441 g/mol. The van der Waals surface area contributed by atoms with Gasteiger partial charge in [-0.05, 0) is 70.1 Å². The summed E-state index contributed by atoms with van der Waals surface area (Å²) < 4.78 is 6.50. The molecule has 0 heterocycles. The minimum Gasteiger partial charge on any atom is -0.488 e. The molecule has 0 bridgehead atoms. The van der Waals surface area contributed by atoms with E-state index in [2.05, 4.69) is 22.6 Å². The Hall–Kier alpha value is -0.490. The second-order valence-corrected chi connectivity index (χ2v) is 6.28. The third kappa shape index (κ3) is 4.01. The number of carbonyl (C=O) groups is 1. The first-order chi connectivity index (χ1) is 9.47. The topological polar surface area (TPSA) is 26.3 Å². The second-order valence-electron chi connectivity index (χ2n) is 3.96. The summed E-state index contributed by atoms with van der Waals surface area (Å²) >= 11 is 19.3. The molecule has 0 aromatic heterocycles. The van der Waals surface area contributed by atoms with E-state index in [1.54, 1.807) is 30.3 Å². The van der Waals surface area contributed by atoms with Crippen LogP contribution in [0.4, 0.5) is 0 Å². The number of hydrogen-bond acceptors (Lipinski definition) is 2. The van der Waals surface area contributed by atoms with E-state index < -0.39 is 5.24 Å². The van der Waals surface area contributed by atoms with Crippen molar-refractivity contribution >= 4 is 62.6 Å². The van der Waals surface area contributed by atoms with Crippen molar-refractivity contribution in [3.05, 3.63) is 61.1 Å². The molecule has 0 N–H and O–H groups in total. The summed E-state index contributed by atoms with van der Waals surface area (Å²) in [7, 11) is 0. The van der Waals surface area contributed by atoms with Gasteiger partial charge in [-0.15, -0.1) is 0 Å². The maximum atomic E-state index is 11.1. The molecule has 0 spiro atoms. The number of rotatable bonds is 4. The van der Waals surface area contributed by atoms with Crippen LogP contribution in [0.1, 0.15) is 15.9 Å². The molecule has 0 saturated heterocycles. The fourth-order valence-corrected chi connectivity index (χ4v) is 2.64. The molecule has 0 saturated carbocycles. The van der Waals surface area contributed by atoms with Gasteiger partial charge in [-0.25, -0.2) is 0 Å². The summed E-state index contributed by atoms with van der Waals surface area (Å²) in [6, 6.07) is 10.4. The normalized spacial score (nSPS) is 10.4. The van der Waals surface area contributed by atoms with E-state index in [1.165, 1.54) is 0 Å². The van der Waals surface area contributed by atoms with Crippen molar-refractivity contribution in [1.29, 1.82) is 0 Å². The molecule has 2 aromatic rings. The highest BCUT2D eigenvalue weighted by Crippen LogP contribution is 2.26. The van der Waals surface area contributed by atoms with Crippen LogP contribution < -0.4 is 4.74 Å².